The maximum absolute atomic E-state index is 6.21. The van der Waals surface area contributed by atoms with E-state index >= 15 is 0 Å². The molecule has 0 saturated carbocycles. The van der Waals surface area contributed by atoms with Gasteiger partial charge in [-0.2, -0.15) is 0 Å². The zero-order valence-corrected chi connectivity index (χ0v) is 18.4. The molecule has 0 bridgehead atoms. The molecule has 0 aliphatic carbocycles. The van der Waals surface area contributed by atoms with Gasteiger partial charge in [0.1, 0.15) is 6.61 Å². The summed E-state index contributed by atoms with van der Waals surface area (Å²) in [4.78, 5) is 2.43. The Morgan fingerprint density at radius 1 is 1.00 bits per heavy atom. The first-order valence-corrected chi connectivity index (χ1v) is 10.5. The van der Waals surface area contributed by atoms with Crippen molar-refractivity contribution < 1.29 is 9.47 Å². The van der Waals surface area contributed by atoms with E-state index in [1.807, 2.05) is 18.2 Å². The summed E-state index contributed by atoms with van der Waals surface area (Å²) in [6.07, 6.45) is 1.14. The molecule has 0 radical (unpaired) electrons. The Morgan fingerprint density at radius 3 is 2.46 bits per heavy atom. The lowest BCUT2D eigenvalue weighted by atomic mass is 10.2. The highest BCUT2D eigenvalue weighted by molar-refractivity contribution is 6.35. The zero-order chi connectivity index (χ0) is 20.4. The molecule has 2 aromatic carbocycles. The average molecular weight is 425 g/mol. The molecule has 2 aromatic rings. The molecule has 1 N–H and O–H groups in total. The summed E-state index contributed by atoms with van der Waals surface area (Å²) < 4.78 is 11.4. The maximum Gasteiger partial charge on any atom is 0.161 e. The molecule has 0 unspecified atom stereocenters. The Kier molecular flexibility index (Phi) is 9.93. The Hall–Kier alpha value is -1.46. The molecular formula is C22H30Cl2N2O2. The molecule has 6 heteroatoms. The maximum atomic E-state index is 6.21. The third-order valence-electron chi connectivity index (χ3n) is 4.68. The molecule has 0 aliphatic heterocycles. The molecule has 154 valence electrons. The first-order chi connectivity index (χ1) is 13.6. The molecule has 0 spiro atoms. The fraction of sp³-hybridized carbons (Fsp3) is 0.455. The summed E-state index contributed by atoms with van der Waals surface area (Å²) in [6, 6.07) is 11.4. The summed E-state index contributed by atoms with van der Waals surface area (Å²) >= 11 is 12.1. The van der Waals surface area contributed by atoms with Crippen LogP contribution in [0.15, 0.2) is 36.4 Å². The van der Waals surface area contributed by atoms with Crippen molar-refractivity contribution in [1.29, 1.82) is 0 Å². The first-order valence-electron chi connectivity index (χ1n) is 9.74. The third kappa shape index (κ3) is 7.17. The molecule has 0 aliphatic rings. The van der Waals surface area contributed by atoms with Crippen LogP contribution in [0.3, 0.4) is 0 Å². The molecule has 0 fully saturated rings. The number of hydrogen-bond acceptors (Lipinski definition) is 4. The van der Waals surface area contributed by atoms with E-state index in [1.165, 1.54) is 0 Å². The molecule has 4 nitrogen and oxygen atoms in total. The van der Waals surface area contributed by atoms with Gasteiger partial charge < -0.3 is 19.7 Å². The predicted molar refractivity (Wildman–Crippen MR) is 118 cm³/mol. The van der Waals surface area contributed by atoms with Gasteiger partial charge in [-0.15, -0.1) is 0 Å². The molecule has 2 rings (SSSR count). The van der Waals surface area contributed by atoms with E-state index in [4.69, 9.17) is 32.7 Å². The van der Waals surface area contributed by atoms with Gasteiger partial charge in [-0.1, -0.05) is 49.2 Å². The highest BCUT2D eigenvalue weighted by Crippen LogP contribution is 2.30. The quantitative estimate of drug-likeness (QED) is 0.462. The standard InChI is InChI=1S/C22H30Cl2N2O2/c1-4-26(5-2)12-6-11-25-15-17-7-10-21(22(13-17)27-3)28-16-18-8-9-19(23)14-20(18)24/h7-10,13-14,25H,4-6,11-12,15-16H2,1-3H3. The Morgan fingerprint density at radius 2 is 1.79 bits per heavy atom. The highest BCUT2D eigenvalue weighted by Gasteiger charge is 2.08. The van der Waals surface area contributed by atoms with Gasteiger partial charge in [0.15, 0.2) is 11.5 Å². The minimum Gasteiger partial charge on any atom is -0.493 e. The van der Waals surface area contributed by atoms with Crippen LogP contribution in [-0.2, 0) is 13.2 Å². The van der Waals surface area contributed by atoms with Crippen LogP contribution in [0.5, 0.6) is 11.5 Å². The summed E-state index contributed by atoms with van der Waals surface area (Å²) in [5, 5.41) is 4.70. The van der Waals surface area contributed by atoms with Gasteiger partial charge in [-0.05, 0) is 62.4 Å². The van der Waals surface area contributed by atoms with E-state index in [0.29, 0.717) is 28.2 Å². The van der Waals surface area contributed by atoms with Crippen molar-refractivity contribution in [1.82, 2.24) is 10.2 Å². The van der Waals surface area contributed by atoms with E-state index in [9.17, 15) is 0 Å². The molecule has 0 heterocycles. The highest BCUT2D eigenvalue weighted by atomic mass is 35.5. The van der Waals surface area contributed by atoms with Gasteiger partial charge in [0.25, 0.3) is 0 Å². The second-order valence-electron chi connectivity index (χ2n) is 6.57. The second kappa shape index (κ2) is 12.2. The number of rotatable bonds is 12. The SMILES string of the molecule is CCN(CC)CCCNCc1ccc(OCc2ccc(Cl)cc2Cl)c(OC)c1. The van der Waals surface area contributed by atoms with Crippen molar-refractivity contribution in [3.05, 3.63) is 57.6 Å². The number of methoxy groups -OCH3 is 1. The van der Waals surface area contributed by atoms with Crippen LogP contribution < -0.4 is 14.8 Å². The molecule has 0 saturated heterocycles. The van der Waals surface area contributed by atoms with Crippen LogP contribution in [-0.4, -0.2) is 38.2 Å². The van der Waals surface area contributed by atoms with Gasteiger partial charge in [-0.3, -0.25) is 0 Å². The van der Waals surface area contributed by atoms with Gasteiger partial charge in [0.2, 0.25) is 0 Å². The van der Waals surface area contributed by atoms with E-state index in [0.717, 1.165) is 50.3 Å². The molecule has 0 amide bonds. The van der Waals surface area contributed by atoms with Gasteiger partial charge in [-0.25, -0.2) is 0 Å². The van der Waals surface area contributed by atoms with Crippen molar-refractivity contribution >= 4 is 23.2 Å². The fourth-order valence-electron chi connectivity index (χ4n) is 2.94. The third-order valence-corrected chi connectivity index (χ3v) is 5.26. The lowest BCUT2D eigenvalue weighted by Crippen LogP contribution is -2.27. The van der Waals surface area contributed by atoms with E-state index in [1.54, 1.807) is 19.2 Å². The summed E-state index contributed by atoms with van der Waals surface area (Å²) in [5.41, 5.74) is 2.05. The minimum atomic E-state index is 0.356. The minimum absolute atomic E-state index is 0.356. The Bertz CT molecular complexity index is 736. The molecule has 28 heavy (non-hydrogen) atoms. The summed E-state index contributed by atoms with van der Waals surface area (Å²) in [5.74, 6) is 1.41. The zero-order valence-electron chi connectivity index (χ0n) is 16.9. The number of nitrogens with zero attached hydrogens (tertiary/aromatic N) is 1. The lowest BCUT2D eigenvalue weighted by Gasteiger charge is -2.17. The molecular weight excluding hydrogens is 395 g/mol. The number of benzene rings is 2. The predicted octanol–water partition coefficient (Wildman–Crippen LogP) is 5.40. The number of ether oxygens (including phenoxy) is 2. The van der Waals surface area contributed by atoms with Crippen molar-refractivity contribution in [3.63, 3.8) is 0 Å². The first kappa shape index (κ1) is 22.8. The molecule has 0 aromatic heterocycles. The largest absolute Gasteiger partial charge is 0.493 e. The van der Waals surface area contributed by atoms with Gasteiger partial charge >= 0.3 is 0 Å². The smallest absolute Gasteiger partial charge is 0.161 e. The van der Waals surface area contributed by atoms with Crippen LogP contribution in [0.4, 0.5) is 0 Å². The van der Waals surface area contributed by atoms with E-state index in [-0.39, 0.29) is 0 Å². The Balaban J connectivity index is 1.85. The average Bonchev–Trinajstić information content (AvgIpc) is 2.70. The number of nitrogens with one attached hydrogen (secondary N) is 1. The van der Waals surface area contributed by atoms with Crippen LogP contribution in [0.25, 0.3) is 0 Å². The van der Waals surface area contributed by atoms with E-state index < -0.39 is 0 Å². The van der Waals surface area contributed by atoms with Gasteiger partial charge in [0.05, 0.1) is 7.11 Å². The van der Waals surface area contributed by atoms with Crippen LogP contribution in [0.2, 0.25) is 10.0 Å². The van der Waals surface area contributed by atoms with E-state index in [2.05, 4.69) is 30.1 Å². The van der Waals surface area contributed by atoms with Crippen LogP contribution in [0, 0.1) is 0 Å². The van der Waals surface area contributed by atoms with Gasteiger partial charge in [0, 0.05) is 22.2 Å². The fourth-order valence-corrected chi connectivity index (χ4v) is 3.40. The van der Waals surface area contributed by atoms with Crippen molar-refractivity contribution in [2.24, 2.45) is 0 Å². The van der Waals surface area contributed by atoms with Crippen molar-refractivity contribution in [2.75, 3.05) is 33.3 Å². The summed E-state index contributed by atoms with van der Waals surface area (Å²) in [6.45, 7) is 9.90. The normalized spacial score (nSPS) is 11.1. The van der Waals surface area contributed by atoms with Crippen molar-refractivity contribution in [2.45, 2.75) is 33.4 Å². The van der Waals surface area contributed by atoms with Crippen molar-refractivity contribution in [3.8, 4) is 11.5 Å². The topological polar surface area (TPSA) is 33.7 Å². The van der Waals surface area contributed by atoms with Crippen LogP contribution in [0.1, 0.15) is 31.4 Å². The number of halogens is 2. The lowest BCUT2D eigenvalue weighted by molar-refractivity contribution is 0.284. The van der Waals surface area contributed by atoms with Crippen LogP contribution >= 0.6 is 23.2 Å². The second-order valence-corrected chi connectivity index (χ2v) is 7.41. The molecule has 0 atom stereocenters. The Labute approximate surface area is 178 Å². The summed E-state index contributed by atoms with van der Waals surface area (Å²) in [7, 11) is 1.65. The number of hydrogen-bond donors (Lipinski definition) is 1. The monoisotopic (exact) mass is 424 g/mol.